The molecule has 0 heterocycles. The molecule has 0 aromatic heterocycles. The van der Waals surface area contributed by atoms with Crippen LogP contribution in [0.5, 0.6) is 5.75 Å². The highest BCUT2D eigenvalue weighted by atomic mass is 35.5. The van der Waals surface area contributed by atoms with Gasteiger partial charge in [-0.25, -0.2) is 0 Å². The first-order valence-corrected chi connectivity index (χ1v) is 6.37. The van der Waals surface area contributed by atoms with Gasteiger partial charge in [-0.3, -0.25) is 0 Å². The van der Waals surface area contributed by atoms with Crippen LogP contribution in [0.25, 0.3) is 0 Å². The van der Waals surface area contributed by atoms with Gasteiger partial charge in [-0.15, -0.1) is 6.58 Å². The van der Waals surface area contributed by atoms with Gasteiger partial charge in [-0.2, -0.15) is 0 Å². The second kappa shape index (κ2) is 8.97. The molecule has 0 saturated carbocycles. The third kappa shape index (κ3) is 5.54. The number of methoxy groups -OCH3 is 1. The van der Waals surface area contributed by atoms with Crippen molar-refractivity contribution < 1.29 is 9.47 Å². The number of nitrogens with one attached hydrogen (secondary N) is 1. The van der Waals surface area contributed by atoms with Gasteiger partial charge in [0.15, 0.2) is 0 Å². The molecule has 0 spiro atoms. The van der Waals surface area contributed by atoms with Crippen molar-refractivity contribution in [2.75, 3.05) is 26.9 Å². The van der Waals surface area contributed by atoms with E-state index in [-0.39, 0.29) is 0 Å². The van der Waals surface area contributed by atoms with Crippen LogP contribution < -0.4 is 10.1 Å². The highest BCUT2D eigenvalue weighted by Gasteiger charge is 2.04. The normalized spacial score (nSPS) is 10.3. The molecule has 0 radical (unpaired) electrons. The van der Waals surface area contributed by atoms with Crippen LogP contribution in [0.1, 0.15) is 12.0 Å². The maximum atomic E-state index is 5.99. The van der Waals surface area contributed by atoms with E-state index in [2.05, 4.69) is 11.9 Å². The first kappa shape index (κ1) is 15.0. The Kier molecular flexibility index (Phi) is 7.49. The summed E-state index contributed by atoms with van der Waals surface area (Å²) in [6, 6.07) is 5.66. The molecule has 3 nitrogen and oxygen atoms in total. The summed E-state index contributed by atoms with van der Waals surface area (Å²) in [5.41, 5.74) is 1.06. The van der Waals surface area contributed by atoms with E-state index in [9.17, 15) is 0 Å². The van der Waals surface area contributed by atoms with Crippen molar-refractivity contribution in [3.63, 3.8) is 0 Å². The number of rotatable bonds is 9. The van der Waals surface area contributed by atoms with Crippen molar-refractivity contribution in [3.05, 3.63) is 41.4 Å². The van der Waals surface area contributed by atoms with Gasteiger partial charge in [0, 0.05) is 30.8 Å². The van der Waals surface area contributed by atoms with Crippen LogP contribution in [0.3, 0.4) is 0 Å². The van der Waals surface area contributed by atoms with E-state index >= 15 is 0 Å². The lowest BCUT2D eigenvalue weighted by atomic mass is 10.2. The smallest absolute Gasteiger partial charge is 0.123 e. The zero-order chi connectivity index (χ0) is 13.2. The van der Waals surface area contributed by atoms with Crippen LogP contribution >= 0.6 is 11.6 Å². The summed E-state index contributed by atoms with van der Waals surface area (Å²) in [6.07, 6.45) is 2.67. The molecule has 0 unspecified atom stereocenters. The lowest BCUT2D eigenvalue weighted by Gasteiger charge is -2.12. The van der Waals surface area contributed by atoms with Crippen LogP contribution in [-0.4, -0.2) is 26.9 Å². The minimum absolute atomic E-state index is 0.635. The van der Waals surface area contributed by atoms with Crippen molar-refractivity contribution >= 4 is 11.6 Å². The van der Waals surface area contributed by atoms with E-state index in [0.29, 0.717) is 19.8 Å². The second-order valence-corrected chi connectivity index (χ2v) is 4.28. The molecule has 1 aromatic rings. The Morgan fingerprint density at radius 2 is 2.22 bits per heavy atom. The minimum atomic E-state index is 0.635. The monoisotopic (exact) mass is 269 g/mol. The molecular weight excluding hydrogens is 250 g/mol. The van der Waals surface area contributed by atoms with E-state index in [1.165, 1.54) is 0 Å². The summed E-state index contributed by atoms with van der Waals surface area (Å²) >= 11 is 5.99. The fourth-order valence-corrected chi connectivity index (χ4v) is 1.67. The molecule has 1 rings (SSSR count). The number of benzene rings is 1. The van der Waals surface area contributed by atoms with E-state index in [1.54, 1.807) is 7.11 Å². The van der Waals surface area contributed by atoms with Crippen LogP contribution in [-0.2, 0) is 11.3 Å². The van der Waals surface area contributed by atoms with Crippen LogP contribution in [0.2, 0.25) is 5.02 Å². The summed E-state index contributed by atoms with van der Waals surface area (Å²) in [7, 11) is 1.69. The van der Waals surface area contributed by atoms with Gasteiger partial charge in [-0.1, -0.05) is 17.7 Å². The predicted molar refractivity (Wildman–Crippen MR) is 75.3 cm³/mol. The van der Waals surface area contributed by atoms with Gasteiger partial charge < -0.3 is 14.8 Å². The molecule has 0 aliphatic heterocycles. The molecule has 0 aliphatic rings. The van der Waals surface area contributed by atoms with Crippen molar-refractivity contribution in [3.8, 4) is 5.75 Å². The van der Waals surface area contributed by atoms with Crippen molar-refractivity contribution in [2.45, 2.75) is 13.0 Å². The van der Waals surface area contributed by atoms with Gasteiger partial charge in [0.05, 0.1) is 13.2 Å². The molecule has 0 aliphatic carbocycles. The largest absolute Gasteiger partial charge is 0.493 e. The maximum Gasteiger partial charge on any atom is 0.123 e. The lowest BCUT2D eigenvalue weighted by molar-refractivity contribution is 0.199. The summed E-state index contributed by atoms with van der Waals surface area (Å²) in [5.74, 6) is 0.867. The van der Waals surface area contributed by atoms with E-state index < -0.39 is 0 Å². The Morgan fingerprint density at radius 1 is 1.39 bits per heavy atom. The highest BCUT2D eigenvalue weighted by molar-refractivity contribution is 6.30. The molecule has 0 saturated heterocycles. The summed E-state index contributed by atoms with van der Waals surface area (Å²) < 4.78 is 10.7. The average Bonchev–Trinajstić information content (AvgIpc) is 2.37. The topological polar surface area (TPSA) is 30.5 Å². The summed E-state index contributed by atoms with van der Waals surface area (Å²) in [5, 5.41) is 3.99. The Hall–Kier alpha value is -1.03. The van der Waals surface area contributed by atoms with Crippen molar-refractivity contribution in [2.24, 2.45) is 0 Å². The van der Waals surface area contributed by atoms with Crippen molar-refractivity contribution in [1.82, 2.24) is 5.32 Å². The molecular formula is C14H20ClNO2. The predicted octanol–water partition coefficient (Wildman–Crippen LogP) is 3.03. The van der Waals surface area contributed by atoms with Crippen molar-refractivity contribution in [1.29, 1.82) is 0 Å². The average molecular weight is 270 g/mol. The quantitative estimate of drug-likeness (QED) is 0.552. The van der Waals surface area contributed by atoms with Gasteiger partial charge in [0.1, 0.15) is 5.75 Å². The Balaban J connectivity index is 2.55. The lowest BCUT2D eigenvalue weighted by Crippen LogP contribution is -2.19. The van der Waals surface area contributed by atoms with E-state index in [4.69, 9.17) is 21.1 Å². The molecule has 0 amide bonds. The van der Waals surface area contributed by atoms with E-state index in [0.717, 1.165) is 29.3 Å². The third-order valence-corrected chi connectivity index (χ3v) is 2.64. The number of hydrogen-bond acceptors (Lipinski definition) is 3. The fraction of sp³-hybridized carbons (Fsp3) is 0.429. The number of ether oxygens (including phenoxy) is 2. The second-order valence-electron chi connectivity index (χ2n) is 3.85. The van der Waals surface area contributed by atoms with Crippen LogP contribution in [0, 0.1) is 0 Å². The summed E-state index contributed by atoms with van der Waals surface area (Å²) in [6.45, 7) is 6.51. The molecule has 1 N–H and O–H groups in total. The minimum Gasteiger partial charge on any atom is -0.493 e. The van der Waals surface area contributed by atoms with Gasteiger partial charge in [-0.05, 0) is 24.6 Å². The first-order valence-electron chi connectivity index (χ1n) is 5.99. The van der Waals surface area contributed by atoms with Crippen LogP contribution in [0.15, 0.2) is 30.9 Å². The van der Waals surface area contributed by atoms with E-state index in [1.807, 2.05) is 24.3 Å². The molecule has 100 valence electrons. The van der Waals surface area contributed by atoms with Gasteiger partial charge in [0.2, 0.25) is 0 Å². The van der Waals surface area contributed by atoms with Gasteiger partial charge in [0.25, 0.3) is 0 Å². The molecule has 0 fully saturated rings. The number of halogens is 1. The molecule has 0 bridgehead atoms. The first-order chi connectivity index (χ1) is 8.77. The molecule has 0 atom stereocenters. The highest BCUT2D eigenvalue weighted by Crippen LogP contribution is 2.23. The zero-order valence-electron chi connectivity index (χ0n) is 10.7. The fourth-order valence-electron chi connectivity index (χ4n) is 1.48. The van der Waals surface area contributed by atoms with Gasteiger partial charge >= 0.3 is 0 Å². The SMILES string of the molecule is C=CCCOc1ccc(Cl)cc1CNCCOC. The standard InChI is InChI=1S/C14H20ClNO2/c1-3-4-8-18-14-6-5-13(15)10-12(14)11-16-7-9-17-2/h3,5-6,10,16H,1,4,7-9,11H2,2H3. The molecule has 18 heavy (non-hydrogen) atoms. The maximum absolute atomic E-state index is 5.99. The Bertz CT molecular complexity index is 369. The summed E-state index contributed by atoms with van der Waals surface area (Å²) in [4.78, 5) is 0. The zero-order valence-corrected chi connectivity index (χ0v) is 11.5. The Labute approximate surface area is 114 Å². The van der Waals surface area contributed by atoms with Crippen LogP contribution in [0.4, 0.5) is 0 Å². The molecule has 1 aromatic carbocycles. The Morgan fingerprint density at radius 3 is 2.94 bits per heavy atom. The third-order valence-electron chi connectivity index (χ3n) is 2.40. The number of hydrogen-bond donors (Lipinski definition) is 1. The molecule has 4 heteroatoms.